The second-order valence-corrected chi connectivity index (χ2v) is 9.68. The van der Waals surface area contributed by atoms with E-state index in [4.69, 9.17) is 0 Å². The van der Waals surface area contributed by atoms with Crippen molar-refractivity contribution in [3.63, 3.8) is 0 Å². The topological polar surface area (TPSA) is 35.6 Å². The first-order valence-electron chi connectivity index (χ1n) is 11.5. The zero-order valence-electron chi connectivity index (χ0n) is 19.6. The number of benzene rings is 3. The van der Waals surface area contributed by atoms with Gasteiger partial charge in [0, 0.05) is 55.2 Å². The third-order valence-electron chi connectivity index (χ3n) is 6.23. The fraction of sp³-hybridized carbons (Fsp3) is 0.321. The molecule has 3 aromatic rings. The fourth-order valence-corrected chi connectivity index (χ4v) is 4.11. The first-order valence-corrected chi connectivity index (χ1v) is 11.5. The highest BCUT2D eigenvalue weighted by Gasteiger charge is 2.19. The molecule has 0 saturated carbocycles. The zero-order valence-corrected chi connectivity index (χ0v) is 19.6. The van der Waals surface area contributed by atoms with Crippen molar-refractivity contribution in [2.45, 2.75) is 32.7 Å². The first-order chi connectivity index (χ1) is 15.8. The molecule has 1 aliphatic heterocycles. The lowest BCUT2D eigenvalue weighted by atomic mass is 9.87. The maximum Gasteiger partial charge on any atom is 0.255 e. The molecule has 4 rings (SSSR count). The number of halogens is 1. The van der Waals surface area contributed by atoms with E-state index in [1.807, 2.05) is 60.7 Å². The molecule has 5 heteroatoms. The van der Waals surface area contributed by atoms with E-state index in [2.05, 4.69) is 35.9 Å². The molecule has 1 saturated heterocycles. The Morgan fingerprint density at radius 1 is 0.879 bits per heavy atom. The molecule has 0 aliphatic carbocycles. The van der Waals surface area contributed by atoms with Crippen LogP contribution in [0.1, 0.15) is 42.3 Å². The molecule has 0 bridgehead atoms. The van der Waals surface area contributed by atoms with Gasteiger partial charge in [0.25, 0.3) is 5.91 Å². The van der Waals surface area contributed by atoms with Gasteiger partial charge >= 0.3 is 0 Å². The minimum atomic E-state index is -0.136. The lowest BCUT2D eigenvalue weighted by Gasteiger charge is -2.36. The van der Waals surface area contributed by atoms with E-state index in [0.717, 1.165) is 43.1 Å². The quantitative estimate of drug-likeness (QED) is 0.547. The summed E-state index contributed by atoms with van der Waals surface area (Å²) in [5, 5.41) is 2.98. The standard InChI is InChI=1S/C28H32FN3O/c1-28(2,3)23-10-8-21(9-11-23)27(33)30-24-12-14-25(15-13-24)32-18-16-31(17-19-32)20-22-6-4-5-7-26(22)29/h4-15H,16-20H2,1-3H3,(H,30,33). The minimum Gasteiger partial charge on any atom is -0.369 e. The molecule has 1 fully saturated rings. The summed E-state index contributed by atoms with van der Waals surface area (Å²) in [7, 11) is 0. The number of nitrogens with one attached hydrogen (secondary N) is 1. The third kappa shape index (κ3) is 5.79. The van der Waals surface area contributed by atoms with Crippen LogP contribution >= 0.6 is 0 Å². The summed E-state index contributed by atoms with van der Waals surface area (Å²) < 4.78 is 13.9. The summed E-state index contributed by atoms with van der Waals surface area (Å²) in [6.45, 7) is 10.7. The van der Waals surface area contributed by atoms with E-state index >= 15 is 0 Å². The molecular weight excluding hydrogens is 413 g/mol. The molecule has 33 heavy (non-hydrogen) atoms. The number of anilines is 2. The normalized spacial score (nSPS) is 14.8. The van der Waals surface area contributed by atoms with Crippen molar-refractivity contribution in [3.05, 3.63) is 95.3 Å². The molecule has 0 aromatic heterocycles. The van der Waals surface area contributed by atoms with Gasteiger partial charge in [-0.15, -0.1) is 0 Å². The van der Waals surface area contributed by atoms with Crippen LogP contribution in [0.25, 0.3) is 0 Å². The van der Waals surface area contributed by atoms with Crippen LogP contribution in [0, 0.1) is 5.82 Å². The summed E-state index contributed by atoms with van der Waals surface area (Å²) in [4.78, 5) is 17.2. The van der Waals surface area contributed by atoms with Crippen LogP contribution in [0.15, 0.2) is 72.8 Å². The molecule has 1 N–H and O–H groups in total. The molecule has 1 heterocycles. The van der Waals surface area contributed by atoms with Crippen LogP contribution < -0.4 is 10.2 Å². The SMILES string of the molecule is CC(C)(C)c1ccc(C(=O)Nc2ccc(N3CCN(Cc4ccccc4F)CC3)cc2)cc1. The molecule has 172 valence electrons. The second kappa shape index (κ2) is 9.75. The number of carbonyl (C=O) groups is 1. The van der Waals surface area contributed by atoms with E-state index in [1.165, 1.54) is 11.6 Å². The number of amides is 1. The van der Waals surface area contributed by atoms with Gasteiger partial charge in [-0.3, -0.25) is 9.69 Å². The van der Waals surface area contributed by atoms with E-state index in [9.17, 15) is 9.18 Å². The lowest BCUT2D eigenvalue weighted by Crippen LogP contribution is -2.46. The summed E-state index contributed by atoms with van der Waals surface area (Å²) in [6.07, 6.45) is 0. The van der Waals surface area contributed by atoms with Gasteiger partial charge in [0.2, 0.25) is 0 Å². The second-order valence-electron chi connectivity index (χ2n) is 9.68. The first kappa shape index (κ1) is 23.0. The average molecular weight is 446 g/mol. The van der Waals surface area contributed by atoms with Crippen molar-refractivity contribution >= 4 is 17.3 Å². The number of hydrogen-bond acceptors (Lipinski definition) is 3. The number of nitrogens with zero attached hydrogens (tertiary/aromatic N) is 2. The monoisotopic (exact) mass is 445 g/mol. The van der Waals surface area contributed by atoms with Crippen molar-refractivity contribution in [1.82, 2.24) is 4.90 Å². The number of hydrogen-bond donors (Lipinski definition) is 1. The Bertz CT molecular complexity index is 1080. The Morgan fingerprint density at radius 2 is 1.52 bits per heavy atom. The molecule has 3 aromatic carbocycles. The van der Waals surface area contributed by atoms with Crippen LogP contribution in [-0.2, 0) is 12.0 Å². The molecular formula is C28H32FN3O. The van der Waals surface area contributed by atoms with Crippen LogP contribution in [-0.4, -0.2) is 37.0 Å². The van der Waals surface area contributed by atoms with Crippen molar-refractivity contribution in [2.24, 2.45) is 0 Å². The van der Waals surface area contributed by atoms with Gasteiger partial charge in [0.1, 0.15) is 5.82 Å². The Labute approximate surface area is 196 Å². The largest absolute Gasteiger partial charge is 0.369 e. The Balaban J connectivity index is 1.30. The maximum atomic E-state index is 13.9. The molecule has 0 radical (unpaired) electrons. The van der Waals surface area contributed by atoms with Gasteiger partial charge in [-0.25, -0.2) is 4.39 Å². The highest BCUT2D eigenvalue weighted by Crippen LogP contribution is 2.23. The molecule has 0 spiro atoms. The highest BCUT2D eigenvalue weighted by atomic mass is 19.1. The van der Waals surface area contributed by atoms with E-state index in [-0.39, 0.29) is 17.1 Å². The highest BCUT2D eigenvalue weighted by molar-refractivity contribution is 6.04. The zero-order chi connectivity index (χ0) is 23.4. The molecule has 4 nitrogen and oxygen atoms in total. The smallest absolute Gasteiger partial charge is 0.255 e. The molecule has 1 aliphatic rings. The molecule has 1 amide bonds. The van der Waals surface area contributed by atoms with Gasteiger partial charge in [0.15, 0.2) is 0 Å². The predicted octanol–water partition coefficient (Wildman–Crippen LogP) is 5.70. The van der Waals surface area contributed by atoms with Gasteiger partial charge in [-0.2, -0.15) is 0 Å². The summed E-state index contributed by atoms with van der Waals surface area (Å²) in [5.41, 5.74) is 4.58. The maximum absolute atomic E-state index is 13.9. The predicted molar refractivity (Wildman–Crippen MR) is 133 cm³/mol. The van der Waals surface area contributed by atoms with Gasteiger partial charge in [0.05, 0.1) is 0 Å². The Hall–Kier alpha value is -3.18. The summed E-state index contributed by atoms with van der Waals surface area (Å²) >= 11 is 0. The number of piperazine rings is 1. The van der Waals surface area contributed by atoms with E-state index in [1.54, 1.807) is 6.07 Å². The van der Waals surface area contributed by atoms with Crippen LogP contribution in [0.3, 0.4) is 0 Å². The van der Waals surface area contributed by atoms with Crippen molar-refractivity contribution in [1.29, 1.82) is 0 Å². The van der Waals surface area contributed by atoms with Crippen LogP contribution in [0.2, 0.25) is 0 Å². The Morgan fingerprint density at radius 3 is 2.12 bits per heavy atom. The summed E-state index contributed by atoms with van der Waals surface area (Å²) in [6, 6.07) is 22.8. The van der Waals surface area contributed by atoms with Crippen LogP contribution in [0.5, 0.6) is 0 Å². The molecule has 0 unspecified atom stereocenters. The van der Waals surface area contributed by atoms with Gasteiger partial charge in [-0.05, 0) is 53.4 Å². The molecule has 0 atom stereocenters. The van der Waals surface area contributed by atoms with Crippen molar-refractivity contribution in [3.8, 4) is 0 Å². The van der Waals surface area contributed by atoms with Crippen LogP contribution in [0.4, 0.5) is 15.8 Å². The minimum absolute atomic E-state index is 0.0635. The van der Waals surface area contributed by atoms with Gasteiger partial charge in [-0.1, -0.05) is 51.1 Å². The average Bonchev–Trinajstić information content (AvgIpc) is 2.81. The van der Waals surface area contributed by atoms with Gasteiger partial charge < -0.3 is 10.2 Å². The number of carbonyl (C=O) groups excluding carboxylic acids is 1. The fourth-order valence-electron chi connectivity index (χ4n) is 4.11. The lowest BCUT2D eigenvalue weighted by molar-refractivity contribution is 0.102. The van der Waals surface area contributed by atoms with Crippen molar-refractivity contribution < 1.29 is 9.18 Å². The summed E-state index contributed by atoms with van der Waals surface area (Å²) in [5.74, 6) is -0.243. The number of rotatable bonds is 5. The Kier molecular flexibility index (Phi) is 6.80. The van der Waals surface area contributed by atoms with Crippen molar-refractivity contribution in [2.75, 3.05) is 36.4 Å². The van der Waals surface area contributed by atoms with E-state index in [0.29, 0.717) is 12.1 Å². The third-order valence-corrected chi connectivity index (χ3v) is 6.23. The van der Waals surface area contributed by atoms with E-state index < -0.39 is 0 Å².